The lowest BCUT2D eigenvalue weighted by atomic mass is 10.1. The predicted octanol–water partition coefficient (Wildman–Crippen LogP) is 3.43. The Balaban J connectivity index is 2.18. The Bertz CT molecular complexity index is 595. The number of ketones is 2. The average molecular weight is 277 g/mol. The quantitative estimate of drug-likeness (QED) is 0.634. The molecule has 0 bridgehead atoms. The van der Waals surface area contributed by atoms with Crippen molar-refractivity contribution >= 4 is 22.9 Å². The van der Waals surface area contributed by atoms with Crippen molar-refractivity contribution in [3.8, 4) is 0 Å². The van der Waals surface area contributed by atoms with Gasteiger partial charge in [-0.3, -0.25) is 9.59 Å². The molecule has 0 amide bonds. The SMILES string of the molecule is Cc1cc(C(=O)CC(=O)c2sc(C)nc2C)c(C)o1. The van der Waals surface area contributed by atoms with E-state index in [-0.39, 0.29) is 18.0 Å². The van der Waals surface area contributed by atoms with Crippen LogP contribution in [0.25, 0.3) is 0 Å². The van der Waals surface area contributed by atoms with Crippen LogP contribution >= 0.6 is 11.3 Å². The summed E-state index contributed by atoms with van der Waals surface area (Å²) in [6.45, 7) is 7.14. The normalized spacial score (nSPS) is 10.7. The molecule has 2 aromatic rings. The molecular weight excluding hydrogens is 262 g/mol. The van der Waals surface area contributed by atoms with Gasteiger partial charge in [-0.25, -0.2) is 4.98 Å². The molecule has 0 radical (unpaired) electrons. The molecule has 19 heavy (non-hydrogen) atoms. The number of furan rings is 1. The third-order valence-corrected chi connectivity index (χ3v) is 3.93. The summed E-state index contributed by atoms with van der Waals surface area (Å²) in [7, 11) is 0. The topological polar surface area (TPSA) is 60.2 Å². The lowest BCUT2D eigenvalue weighted by molar-refractivity contribution is 0.0895. The van der Waals surface area contributed by atoms with Gasteiger partial charge in [0.1, 0.15) is 11.5 Å². The fraction of sp³-hybridized carbons (Fsp3) is 0.357. The number of carbonyl (C=O) groups excluding carboxylic acids is 2. The van der Waals surface area contributed by atoms with E-state index >= 15 is 0 Å². The molecule has 0 aliphatic heterocycles. The maximum atomic E-state index is 12.1. The monoisotopic (exact) mass is 277 g/mol. The van der Waals surface area contributed by atoms with Crippen LogP contribution in [0, 0.1) is 27.7 Å². The van der Waals surface area contributed by atoms with E-state index in [2.05, 4.69) is 4.98 Å². The van der Waals surface area contributed by atoms with Gasteiger partial charge in [-0.15, -0.1) is 11.3 Å². The van der Waals surface area contributed by atoms with Gasteiger partial charge in [0.05, 0.1) is 27.6 Å². The number of aromatic nitrogens is 1. The van der Waals surface area contributed by atoms with Gasteiger partial charge in [0, 0.05) is 0 Å². The first kappa shape index (κ1) is 13.7. The van der Waals surface area contributed by atoms with Gasteiger partial charge < -0.3 is 4.42 Å². The molecule has 0 atom stereocenters. The van der Waals surface area contributed by atoms with E-state index in [1.807, 2.05) is 6.92 Å². The van der Waals surface area contributed by atoms with Crippen LogP contribution in [0.3, 0.4) is 0 Å². The molecule has 4 nitrogen and oxygen atoms in total. The second kappa shape index (κ2) is 5.09. The Morgan fingerprint density at radius 1 is 1.21 bits per heavy atom. The maximum Gasteiger partial charge on any atom is 0.182 e. The number of rotatable bonds is 4. The van der Waals surface area contributed by atoms with E-state index in [9.17, 15) is 9.59 Å². The van der Waals surface area contributed by atoms with Crippen molar-refractivity contribution in [3.05, 3.63) is 38.7 Å². The van der Waals surface area contributed by atoms with Crippen molar-refractivity contribution < 1.29 is 14.0 Å². The molecule has 5 heteroatoms. The molecule has 0 N–H and O–H groups in total. The average Bonchev–Trinajstić information content (AvgIpc) is 2.81. The molecule has 0 saturated heterocycles. The van der Waals surface area contributed by atoms with E-state index in [0.29, 0.717) is 27.7 Å². The van der Waals surface area contributed by atoms with Crippen LogP contribution in [0.2, 0.25) is 0 Å². The van der Waals surface area contributed by atoms with E-state index in [1.54, 1.807) is 26.8 Å². The minimum atomic E-state index is -0.204. The van der Waals surface area contributed by atoms with E-state index in [4.69, 9.17) is 4.42 Å². The third-order valence-electron chi connectivity index (χ3n) is 2.82. The number of hydrogen-bond acceptors (Lipinski definition) is 5. The first-order valence-corrected chi connectivity index (χ1v) is 6.77. The number of carbonyl (C=O) groups is 2. The van der Waals surface area contributed by atoms with Crippen molar-refractivity contribution in [2.45, 2.75) is 34.1 Å². The molecule has 100 valence electrons. The van der Waals surface area contributed by atoms with Gasteiger partial charge >= 0.3 is 0 Å². The van der Waals surface area contributed by atoms with Crippen LogP contribution in [0.4, 0.5) is 0 Å². The van der Waals surface area contributed by atoms with E-state index in [0.717, 1.165) is 5.01 Å². The number of nitrogens with zero attached hydrogens (tertiary/aromatic N) is 1. The molecule has 2 heterocycles. The minimum absolute atomic E-state index is 0.137. The standard InChI is InChI=1S/C14H15NO3S/c1-7-5-11(9(3)18-7)12(16)6-13(17)14-8(2)15-10(4)19-14/h5H,6H2,1-4H3. The zero-order valence-electron chi connectivity index (χ0n) is 11.4. The molecule has 0 spiro atoms. The molecular formula is C14H15NO3S. The largest absolute Gasteiger partial charge is 0.466 e. The van der Waals surface area contributed by atoms with Gasteiger partial charge in [-0.2, -0.15) is 0 Å². The molecule has 0 aliphatic carbocycles. The van der Waals surface area contributed by atoms with Gasteiger partial charge in [0.2, 0.25) is 0 Å². The summed E-state index contributed by atoms with van der Waals surface area (Å²) in [6, 6.07) is 1.68. The van der Waals surface area contributed by atoms with Crippen LogP contribution in [0.1, 0.15) is 48.7 Å². The van der Waals surface area contributed by atoms with Crippen LogP contribution in [-0.2, 0) is 0 Å². The highest BCUT2D eigenvalue weighted by atomic mass is 32.1. The number of Topliss-reactive ketones (excluding diaryl/α,β-unsaturated/α-hetero) is 2. The summed E-state index contributed by atoms with van der Waals surface area (Å²) < 4.78 is 5.31. The summed E-state index contributed by atoms with van der Waals surface area (Å²) in [5, 5.41) is 0.837. The van der Waals surface area contributed by atoms with Crippen molar-refractivity contribution in [3.63, 3.8) is 0 Å². The number of aryl methyl sites for hydroxylation is 4. The Hall–Kier alpha value is -1.75. The molecule has 0 fully saturated rings. The van der Waals surface area contributed by atoms with Crippen molar-refractivity contribution in [1.82, 2.24) is 4.98 Å². The Morgan fingerprint density at radius 2 is 1.89 bits per heavy atom. The minimum Gasteiger partial charge on any atom is -0.466 e. The predicted molar refractivity (Wildman–Crippen MR) is 73.0 cm³/mol. The summed E-state index contributed by atoms with van der Waals surface area (Å²) in [4.78, 5) is 29.0. The number of thiazole rings is 1. The Kier molecular flexibility index (Phi) is 3.66. The molecule has 0 unspecified atom stereocenters. The Morgan fingerprint density at radius 3 is 2.37 bits per heavy atom. The first-order valence-electron chi connectivity index (χ1n) is 5.96. The lowest BCUT2D eigenvalue weighted by Crippen LogP contribution is -2.08. The molecule has 0 saturated carbocycles. The molecule has 0 aliphatic rings. The smallest absolute Gasteiger partial charge is 0.182 e. The second-order valence-electron chi connectivity index (χ2n) is 4.50. The van der Waals surface area contributed by atoms with Gasteiger partial charge in [-0.05, 0) is 33.8 Å². The van der Waals surface area contributed by atoms with Crippen molar-refractivity contribution in [1.29, 1.82) is 0 Å². The highest BCUT2D eigenvalue weighted by Crippen LogP contribution is 2.21. The van der Waals surface area contributed by atoms with Crippen molar-refractivity contribution in [2.24, 2.45) is 0 Å². The first-order chi connectivity index (χ1) is 8.88. The van der Waals surface area contributed by atoms with Gasteiger partial charge in [0.15, 0.2) is 11.6 Å². The second-order valence-corrected chi connectivity index (χ2v) is 5.70. The zero-order chi connectivity index (χ0) is 14.2. The maximum absolute atomic E-state index is 12.1. The molecule has 2 rings (SSSR count). The van der Waals surface area contributed by atoms with Gasteiger partial charge in [0.25, 0.3) is 0 Å². The summed E-state index contributed by atoms with van der Waals surface area (Å²) in [5.41, 5.74) is 1.19. The fourth-order valence-electron chi connectivity index (χ4n) is 2.02. The van der Waals surface area contributed by atoms with Crippen LogP contribution in [0.5, 0.6) is 0 Å². The van der Waals surface area contributed by atoms with Gasteiger partial charge in [-0.1, -0.05) is 0 Å². The highest BCUT2D eigenvalue weighted by molar-refractivity contribution is 7.13. The number of hydrogen-bond donors (Lipinski definition) is 0. The lowest BCUT2D eigenvalue weighted by Gasteiger charge is -1.98. The summed E-state index contributed by atoms with van der Waals surface area (Å²) >= 11 is 1.33. The fourth-order valence-corrected chi connectivity index (χ4v) is 2.88. The van der Waals surface area contributed by atoms with Crippen LogP contribution < -0.4 is 0 Å². The summed E-state index contributed by atoms with van der Waals surface area (Å²) in [6.07, 6.45) is -0.137. The zero-order valence-corrected chi connectivity index (χ0v) is 12.2. The molecule has 2 aromatic heterocycles. The van der Waals surface area contributed by atoms with E-state index < -0.39 is 0 Å². The highest BCUT2D eigenvalue weighted by Gasteiger charge is 2.20. The Labute approximate surface area is 115 Å². The van der Waals surface area contributed by atoms with Crippen LogP contribution in [-0.4, -0.2) is 16.6 Å². The third kappa shape index (κ3) is 2.81. The van der Waals surface area contributed by atoms with E-state index in [1.165, 1.54) is 11.3 Å². The summed E-state index contributed by atoms with van der Waals surface area (Å²) in [5.74, 6) is 0.863. The van der Waals surface area contributed by atoms with Crippen LogP contribution in [0.15, 0.2) is 10.5 Å². The molecule has 0 aromatic carbocycles. The van der Waals surface area contributed by atoms with Crippen molar-refractivity contribution in [2.75, 3.05) is 0 Å².